The minimum absolute atomic E-state index is 0. The van der Waals surface area contributed by atoms with Gasteiger partial charge in [0, 0.05) is 36.3 Å². The van der Waals surface area contributed by atoms with E-state index >= 15 is 0 Å². The molecule has 0 saturated heterocycles. The fourth-order valence-corrected chi connectivity index (χ4v) is 5.22. The molecule has 0 fully saturated rings. The van der Waals surface area contributed by atoms with Crippen LogP contribution in [0.15, 0.2) is 59.5 Å². The van der Waals surface area contributed by atoms with Crippen molar-refractivity contribution < 1.29 is 0 Å². The average molecular weight is 509 g/mol. The Hall–Kier alpha value is -2.50. The van der Waals surface area contributed by atoms with Crippen molar-refractivity contribution >= 4 is 47.2 Å². The summed E-state index contributed by atoms with van der Waals surface area (Å²) in [4.78, 5) is 15.9. The molecule has 35 heavy (non-hydrogen) atoms. The van der Waals surface area contributed by atoms with E-state index in [-0.39, 0.29) is 12.4 Å². The third kappa shape index (κ3) is 6.02. The van der Waals surface area contributed by atoms with Crippen molar-refractivity contribution in [2.45, 2.75) is 51.9 Å². The molecule has 1 aliphatic heterocycles. The van der Waals surface area contributed by atoms with Crippen LogP contribution in [0.5, 0.6) is 0 Å². The van der Waals surface area contributed by atoms with Gasteiger partial charge in [-0.25, -0.2) is 4.98 Å². The molecule has 4 nitrogen and oxygen atoms in total. The van der Waals surface area contributed by atoms with Gasteiger partial charge in [-0.3, -0.25) is 0 Å². The van der Waals surface area contributed by atoms with Crippen molar-refractivity contribution in [3.05, 3.63) is 77.0 Å². The Morgan fingerprint density at radius 3 is 2.51 bits per heavy atom. The molecule has 0 aliphatic carbocycles. The van der Waals surface area contributed by atoms with Crippen molar-refractivity contribution in [1.82, 2.24) is 9.97 Å². The summed E-state index contributed by atoms with van der Waals surface area (Å²) >= 11 is 1.79. The number of aromatic nitrogens is 2. The number of halogens is 1. The number of rotatable bonds is 7. The SMILES string of the molecule is CCN(c1nc(C)cc(N2CCC=C(c3ccccc3C)C2)n1)c1ccc(C(C)C)cc1SC.Cl. The molecule has 186 valence electrons. The third-order valence-corrected chi connectivity index (χ3v) is 7.28. The summed E-state index contributed by atoms with van der Waals surface area (Å²) in [6.07, 6.45) is 5.55. The van der Waals surface area contributed by atoms with Gasteiger partial charge in [0.15, 0.2) is 0 Å². The first-order valence-electron chi connectivity index (χ1n) is 12.2. The summed E-state index contributed by atoms with van der Waals surface area (Å²) in [5.41, 5.74) is 7.57. The van der Waals surface area contributed by atoms with Crippen LogP contribution < -0.4 is 9.80 Å². The van der Waals surface area contributed by atoms with E-state index in [0.717, 1.165) is 43.5 Å². The van der Waals surface area contributed by atoms with Crippen molar-refractivity contribution in [3.63, 3.8) is 0 Å². The van der Waals surface area contributed by atoms with Gasteiger partial charge in [-0.1, -0.05) is 50.3 Å². The zero-order valence-electron chi connectivity index (χ0n) is 21.7. The molecule has 0 unspecified atom stereocenters. The smallest absolute Gasteiger partial charge is 0.232 e. The molecular formula is C29H37ClN4S. The lowest BCUT2D eigenvalue weighted by Crippen LogP contribution is -2.31. The number of nitrogens with zero attached hydrogens (tertiary/aromatic N) is 4. The maximum absolute atomic E-state index is 5.09. The Balaban J connectivity index is 0.00000342. The molecule has 0 N–H and O–H groups in total. The molecule has 0 atom stereocenters. The number of anilines is 3. The Morgan fingerprint density at radius 1 is 1.06 bits per heavy atom. The lowest BCUT2D eigenvalue weighted by atomic mass is 9.97. The van der Waals surface area contributed by atoms with Crippen molar-refractivity contribution in [3.8, 4) is 0 Å². The minimum Gasteiger partial charge on any atom is -0.352 e. The summed E-state index contributed by atoms with van der Waals surface area (Å²) in [7, 11) is 0. The Kier molecular flexibility index (Phi) is 9.26. The van der Waals surface area contributed by atoms with Crippen LogP contribution in [0.4, 0.5) is 17.5 Å². The molecule has 2 aromatic carbocycles. The van der Waals surface area contributed by atoms with Gasteiger partial charge in [0.1, 0.15) is 5.82 Å². The molecule has 0 bridgehead atoms. The topological polar surface area (TPSA) is 32.3 Å². The van der Waals surface area contributed by atoms with Crippen LogP contribution in [-0.2, 0) is 0 Å². The molecule has 0 amide bonds. The summed E-state index contributed by atoms with van der Waals surface area (Å²) in [5.74, 6) is 2.29. The van der Waals surface area contributed by atoms with Gasteiger partial charge in [0.05, 0.1) is 5.69 Å². The van der Waals surface area contributed by atoms with E-state index in [9.17, 15) is 0 Å². The van der Waals surface area contributed by atoms with E-state index < -0.39 is 0 Å². The highest BCUT2D eigenvalue weighted by Gasteiger charge is 2.21. The fourth-order valence-electron chi connectivity index (χ4n) is 4.58. The monoisotopic (exact) mass is 508 g/mol. The van der Waals surface area contributed by atoms with Crippen LogP contribution in [0.25, 0.3) is 5.57 Å². The standard InChI is InChI=1S/C29H36N4S.ClH/c1-7-33(26-15-14-23(20(2)3)18-27(26)34-6)29-30-22(5)17-28(31-29)32-16-10-12-24(19-32)25-13-9-8-11-21(25)4;/h8-9,11-15,17-18,20H,7,10,16,19H2,1-6H3;1H. The fraction of sp³-hybridized carbons (Fsp3) is 0.379. The molecule has 0 saturated carbocycles. The van der Waals surface area contributed by atoms with Crippen molar-refractivity contribution in [2.75, 3.05) is 35.7 Å². The Bertz CT molecular complexity index is 1190. The van der Waals surface area contributed by atoms with Gasteiger partial charge in [0.2, 0.25) is 5.95 Å². The van der Waals surface area contributed by atoms with Gasteiger partial charge >= 0.3 is 0 Å². The maximum atomic E-state index is 5.09. The van der Waals surface area contributed by atoms with E-state index in [1.165, 1.54) is 32.8 Å². The first-order valence-corrected chi connectivity index (χ1v) is 13.4. The highest BCUT2D eigenvalue weighted by atomic mass is 35.5. The first-order chi connectivity index (χ1) is 16.4. The molecule has 6 heteroatoms. The maximum Gasteiger partial charge on any atom is 0.232 e. The van der Waals surface area contributed by atoms with E-state index in [4.69, 9.17) is 9.97 Å². The number of hydrogen-bond acceptors (Lipinski definition) is 5. The van der Waals surface area contributed by atoms with Crippen LogP contribution in [0.3, 0.4) is 0 Å². The number of benzene rings is 2. The van der Waals surface area contributed by atoms with Crippen LogP contribution in [0, 0.1) is 13.8 Å². The molecule has 2 heterocycles. The first kappa shape index (κ1) is 27.1. The molecule has 3 aromatic rings. The second-order valence-electron chi connectivity index (χ2n) is 9.25. The molecular weight excluding hydrogens is 472 g/mol. The number of hydrogen-bond donors (Lipinski definition) is 0. The van der Waals surface area contributed by atoms with E-state index in [1.807, 2.05) is 0 Å². The molecule has 0 radical (unpaired) electrons. The summed E-state index contributed by atoms with van der Waals surface area (Å²) in [6, 6.07) is 17.6. The van der Waals surface area contributed by atoms with Crippen LogP contribution in [0.2, 0.25) is 0 Å². The average Bonchev–Trinajstić information content (AvgIpc) is 2.84. The molecule has 4 rings (SSSR count). The lowest BCUT2D eigenvalue weighted by molar-refractivity contribution is 0.804. The quantitative estimate of drug-likeness (QED) is 0.304. The van der Waals surface area contributed by atoms with Gasteiger partial charge < -0.3 is 9.80 Å². The number of aryl methyl sites for hydroxylation is 2. The zero-order valence-corrected chi connectivity index (χ0v) is 23.3. The minimum atomic E-state index is 0. The normalized spacial score (nSPS) is 13.5. The van der Waals surface area contributed by atoms with Gasteiger partial charge in [0.25, 0.3) is 0 Å². The van der Waals surface area contributed by atoms with Crippen LogP contribution in [0.1, 0.15) is 55.5 Å². The summed E-state index contributed by atoms with van der Waals surface area (Å²) in [6.45, 7) is 13.6. The summed E-state index contributed by atoms with van der Waals surface area (Å²) < 4.78 is 0. The second kappa shape index (κ2) is 12.0. The molecule has 1 aromatic heterocycles. The zero-order chi connectivity index (χ0) is 24.2. The van der Waals surface area contributed by atoms with Gasteiger partial charge in [-0.05, 0) is 73.8 Å². The third-order valence-electron chi connectivity index (χ3n) is 6.51. The molecule has 1 aliphatic rings. The van der Waals surface area contributed by atoms with E-state index in [1.54, 1.807) is 11.8 Å². The van der Waals surface area contributed by atoms with Crippen LogP contribution in [-0.4, -0.2) is 35.9 Å². The Labute approximate surface area is 221 Å². The lowest BCUT2D eigenvalue weighted by Gasteiger charge is -2.31. The predicted octanol–water partition coefficient (Wildman–Crippen LogP) is 7.81. The summed E-state index contributed by atoms with van der Waals surface area (Å²) in [5, 5.41) is 0. The predicted molar refractivity (Wildman–Crippen MR) is 155 cm³/mol. The molecule has 0 spiro atoms. The van der Waals surface area contributed by atoms with Gasteiger partial charge in [-0.15, -0.1) is 24.2 Å². The van der Waals surface area contributed by atoms with Crippen molar-refractivity contribution in [2.24, 2.45) is 0 Å². The highest BCUT2D eigenvalue weighted by molar-refractivity contribution is 7.98. The Morgan fingerprint density at radius 2 is 1.83 bits per heavy atom. The van der Waals surface area contributed by atoms with E-state index in [0.29, 0.717) is 5.92 Å². The highest BCUT2D eigenvalue weighted by Crippen LogP contribution is 2.35. The van der Waals surface area contributed by atoms with Crippen molar-refractivity contribution in [1.29, 1.82) is 0 Å². The van der Waals surface area contributed by atoms with Gasteiger partial charge in [-0.2, -0.15) is 4.98 Å². The van der Waals surface area contributed by atoms with Crippen LogP contribution >= 0.6 is 24.2 Å². The second-order valence-corrected chi connectivity index (χ2v) is 10.1. The number of thioether (sulfide) groups is 1. The van der Waals surface area contributed by atoms with E-state index in [2.05, 4.69) is 105 Å². The largest absolute Gasteiger partial charge is 0.352 e.